The Labute approximate surface area is 164 Å². The zero-order valence-electron chi connectivity index (χ0n) is 15.4. The minimum absolute atomic E-state index is 0.128. The Hall–Kier alpha value is -2.79. The van der Waals surface area contributed by atoms with Crippen molar-refractivity contribution in [3.8, 4) is 5.75 Å². The maximum absolute atomic E-state index is 12.7. The van der Waals surface area contributed by atoms with Crippen LogP contribution >= 0.6 is 11.6 Å². The zero-order valence-corrected chi connectivity index (χ0v) is 16.1. The summed E-state index contributed by atoms with van der Waals surface area (Å²) in [5.74, 6) is 0.158. The van der Waals surface area contributed by atoms with Gasteiger partial charge in [-0.1, -0.05) is 35.9 Å². The van der Waals surface area contributed by atoms with Gasteiger partial charge in [-0.2, -0.15) is 0 Å². The van der Waals surface area contributed by atoms with Gasteiger partial charge in [0.1, 0.15) is 5.75 Å². The third kappa shape index (κ3) is 6.79. The molecule has 0 spiro atoms. The fraction of sp³-hybridized carbons (Fsp3) is 0.238. The van der Waals surface area contributed by atoms with Gasteiger partial charge in [0.15, 0.2) is 0 Å². The van der Waals surface area contributed by atoms with Crippen LogP contribution in [0, 0.1) is 0 Å². The van der Waals surface area contributed by atoms with Crippen molar-refractivity contribution in [2.75, 3.05) is 20.8 Å². The van der Waals surface area contributed by atoms with Crippen LogP contribution in [0.5, 0.6) is 5.75 Å². The van der Waals surface area contributed by atoms with Crippen molar-refractivity contribution in [1.82, 2.24) is 4.90 Å². The molecule has 142 valence electrons. The molecule has 0 unspecified atom stereocenters. The standard InChI is InChI=1S/C21H22ClNO4/c1-26-19-5-3-4-16(14-19)8-11-20(24)23(13-12-21(25)27-2)15-17-6-9-18(22)10-7-17/h3-11,14H,12-13,15H2,1-2H3/b11-8+. The van der Waals surface area contributed by atoms with Crippen molar-refractivity contribution in [1.29, 1.82) is 0 Å². The number of carbonyl (C=O) groups excluding carboxylic acids is 2. The molecule has 0 N–H and O–H groups in total. The van der Waals surface area contributed by atoms with E-state index in [0.717, 1.165) is 11.1 Å². The number of ether oxygens (including phenoxy) is 2. The van der Waals surface area contributed by atoms with E-state index >= 15 is 0 Å². The molecule has 6 heteroatoms. The molecule has 0 saturated heterocycles. The highest BCUT2D eigenvalue weighted by atomic mass is 35.5. The first-order chi connectivity index (χ1) is 13.0. The largest absolute Gasteiger partial charge is 0.497 e. The summed E-state index contributed by atoms with van der Waals surface area (Å²) in [6.07, 6.45) is 3.34. The predicted molar refractivity (Wildman–Crippen MR) is 106 cm³/mol. The van der Waals surface area contributed by atoms with Crippen molar-refractivity contribution in [3.63, 3.8) is 0 Å². The molecule has 0 heterocycles. The molecular weight excluding hydrogens is 366 g/mol. The Morgan fingerprint density at radius 1 is 1.11 bits per heavy atom. The lowest BCUT2D eigenvalue weighted by atomic mass is 10.2. The molecule has 27 heavy (non-hydrogen) atoms. The second kappa shape index (κ2) is 10.4. The second-order valence-electron chi connectivity index (χ2n) is 5.82. The lowest BCUT2D eigenvalue weighted by molar-refractivity contribution is -0.141. The van der Waals surface area contributed by atoms with Crippen LogP contribution in [0.15, 0.2) is 54.6 Å². The smallest absolute Gasteiger partial charge is 0.307 e. The van der Waals surface area contributed by atoms with E-state index in [1.165, 1.54) is 13.2 Å². The van der Waals surface area contributed by atoms with E-state index in [9.17, 15) is 9.59 Å². The molecule has 0 radical (unpaired) electrons. The molecule has 0 aliphatic heterocycles. The molecule has 0 saturated carbocycles. The topological polar surface area (TPSA) is 55.8 Å². The highest BCUT2D eigenvalue weighted by Crippen LogP contribution is 2.15. The van der Waals surface area contributed by atoms with Crippen LogP contribution in [0.4, 0.5) is 0 Å². The Morgan fingerprint density at radius 2 is 1.85 bits per heavy atom. The third-order valence-electron chi connectivity index (χ3n) is 3.92. The van der Waals surface area contributed by atoms with Crippen LogP contribution < -0.4 is 4.74 Å². The summed E-state index contributed by atoms with van der Waals surface area (Å²) in [4.78, 5) is 25.7. The molecule has 0 aliphatic rings. The zero-order chi connectivity index (χ0) is 19.6. The Kier molecular flexibility index (Phi) is 7.89. The molecular formula is C21H22ClNO4. The van der Waals surface area contributed by atoms with Gasteiger partial charge >= 0.3 is 5.97 Å². The highest BCUT2D eigenvalue weighted by Gasteiger charge is 2.14. The van der Waals surface area contributed by atoms with Gasteiger partial charge in [-0.15, -0.1) is 0 Å². The van der Waals surface area contributed by atoms with Gasteiger partial charge in [-0.05, 0) is 41.5 Å². The van der Waals surface area contributed by atoms with Crippen LogP contribution in [-0.4, -0.2) is 37.5 Å². The number of carbonyl (C=O) groups is 2. The molecule has 5 nitrogen and oxygen atoms in total. The van der Waals surface area contributed by atoms with E-state index in [4.69, 9.17) is 16.3 Å². The number of halogens is 1. The van der Waals surface area contributed by atoms with Gasteiger partial charge in [0.2, 0.25) is 5.91 Å². The lowest BCUT2D eigenvalue weighted by Crippen LogP contribution is -2.31. The van der Waals surface area contributed by atoms with Crippen LogP contribution in [-0.2, 0) is 20.9 Å². The molecule has 2 rings (SSSR count). The molecule has 0 bridgehead atoms. The van der Waals surface area contributed by atoms with Crippen LogP contribution in [0.1, 0.15) is 17.5 Å². The normalized spacial score (nSPS) is 10.6. The second-order valence-corrected chi connectivity index (χ2v) is 6.26. The number of esters is 1. The molecule has 0 fully saturated rings. The summed E-state index contributed by atoms with van der Waals surface area (Å²) in [7, 11) is 2.92. The van der Waals surface area contributed by atoms with Crippen molar-refractivity contribution in [2.45, 2.75) is 13.0 Å². The molecule has 0 atom stereocenters. The average Bonchev–Trinajstić information content (AvgIpc) is 2.70. The van der Waals surface area contributed by atoms with E-state index < -0.39 is 0 Å². The molecule has 2 aromatic rings. The molecule has 1 amide bonds. The quantitative estimate of drug-likeness (QED) is 0.508. The Morgan fingerprint density at radius 3 is 2.52 bits per heavy atom. The maximum atomic E-state index is 12.7. The summed E-state index contributed by atoms with van der Waals surface area (Å²) in [6, 6.07) is 14.6. The predicted octanol–water partition coefficient (Wildman–Crippen LogP) is 3.95. The highest BCUT2D eigenvalue weighted by molar-refractivity contribution is 6.30. The van der Waals surface area contributed by atoms with Gasteiger partial charge < -0.3 is 14.4 Å². The fourth-order valence-electron chi connectivity index (χ4n) is 2.42. The maximum Gasteiger partial charge on any atom is 0.307 e. The van der Waals surface area contributed by atoms with Gasteiger partial charge in [0.05, 0.1) is 20.6 Å². The number of methoxy groups -OCH3 is 2. The van der Waals surface area contributed by atoms with Crippen LogP contribution in [0.2, 0.25) is 5.02 Å². The lowest BCUT2D eigenvalue weighted by Gasteiger charge is -2.21. The van der Waals surface area contributed by atoms with E-state index in [1.54, 1.807) is 30.2 Å². The summed E-state index contributed by atoms with van der Waals surface area (Å²) in [6.45, 7) is 0.631. The third-order valence-corrected chi connectivity index (χ3v) is 4.18. The summed E-state index contributed by atoms with van der Waals surface area (Å²) in [5.41, 5.74) is 1.77. The molecule has 0 aromatic heterocycles. The van der Waals surface area contributed by atoms with E-state index in [-0.39, 0.29) is 24.8 Å². The number of benzene rings is 2. The first-order valence-corrected chi connectivity index (χ1v) is 8.82. The number of amides is 1. The van der Waals surface area contributed by atoms with E-state index in [1.807, 2.05) is 36.4 Å². The van der Waals surface area contributed by atoms with Crippen molar-refractivity contribution >= 4 is 29.6 Å². The molecule has 0 aliphatic carbocycles. The number of hydrogen-bond donors (Lipinski definition) is 0. The fourth-order valence-corrected chi connectivity index (χ4v) is 2.55. The van der Waals surface area contributed by atoms with Gasteiger partial charge in [0.25, 0.3) is 0 Å². The average molecular weight is 388 g/mol. The van der Waals surface area contributed by atoms with Gasteiger partial charge in [0, 0.05) is 24.2 Å². The number of hydrogen-bond acceptors (Lipinski definition) is 4. The minimum Gasteiger partial charge on any atom is -0.497 e. The number of nitrogens with zero attached hydrogens (tertiary/aromatic N) is 1. The van der Waals surface area contributed by atoms with Crippen molar-refractivity contribution in [3.05, 3.63) is 70.8 Å². The Bertz CT molecular complexity index is 802. The summed E-state index contributed by atoms with van der Waals surface area (Å²) in [5, 5.41) is 0.629. The van der Waals surface area contributed by atoms with Crippen molar-refractivity contribution in [2.24, 2.45) is 0 Å². The summed E-state index contributed by atoms with van der Waals surface area (Å²) < 4.78 is 9.86. The van der Waals surface area contributed by atoms with Crippen LogP contribution in [0.3, 0.4) is 0 Å². The minimum atomic E-state index is -0.360. The van der Waals surface area contributed by atoms with E-state index in [2.05, 4.69) is 4.74 Å². The summed E-state index contributed by atoms with van der Waals surface area (Å²) >= 11 is 5.91. The van der Waals surface area contributed by atoms with E-state index in [0.29, 0.717) is 17.3 Å². The monoisotopic (exact) mass is 387 g/mol. The first-order valence-electron chi connectivity index (χ1n) is 8.44. The van der Waals surface area contributed by atoms with Gasteiger partial charge in [-0.25, -0.2) is 0 Å². The Balaban J connectivity index is 2.11. The number of rotatable bonds is 8. The first kappa shape index (κ1) is 20.5. The SMILES string of the molecule is COC(=O)CCN(Cc1ccc(Cl)cc1)C(=O)/C=C/c1cccc(OC)c1. The van der Waals surface area contributed by atoms with Crippen molar-refractivity contribution < 1.29 is 19.1 Å². The van der Waals surface area contributed by atoms with Crippen LogP contribution in [0.25, 0.3) is 6.08 Å². The van der Waals surface area contributed by atoms with Gasteiger partial charge in [-0.3, -0.25) is 9.59 Å². The molecule has 2 aromatic carbocycles.